The van der Waals surface area contributed by atoms with Gasteiger partial charge in [-0.3, -0.25) is 0 Å². The van der Waals surface area contributed by atoms with Crippen molar-refractivity contribution in [2.45, 2.75) is 26.0 Å². The third-order valence-corrected chi connectivity index (χ3v) is 4.09. The smallest absolute Gasteiger partial charge is 0.0422 e. The molecule has 0 bridgehead atoms. The summed E-state index contributed by atoms with van der Waals surface area (Å²) >= 11 is 1.97. The molecular weight excluding hydrogens is 202 g/mol. The molecule has 1 unspecified atom stereocenters. The molecule has 0 saturated carbocycles. The predicted octanol–water partition coefficient (Wildman–Crippen LogP) is 3.38. The third kappa shape index (κ3) is 3.88. The lowest BCUT2D eigenvalue weighted by Crippen LogP contribution is -2.12. The van der Waals surface area contributed by atoms with Gasteiger partial charge in [0.2, 0.25) is 0 Å². The van der Waals surface area contributed by atoms with E-state index >= 15 is 0 Å². The van der Waals surface area contributed by atoms with Crippen LogP contribution in [0.15, 0.2) is 24.3 Å². The average molecular weight is 223 g/mol. The van der Waals surface area contributed by atoms with Crippen molar-refractivity contribution in [3.05, 3.63) is 35.4 Å². The molecule has 2 heteroatoms. The van der Waals surface area contributed by atoms with Crippen molar-refractivity contribution in [3.63, 3.8) is 0 Å². The van der Waals surface area contributed by atoms with Gasteiger partial charge in [-0.2, -0.15) is 11.8 Å². The van der Waals surface area contributed by atoms with Crippen LogP contribution in [0.4, 0.5) is 0 Å². The van der Waals surface area contributed by atoms with Gasteiger partial charge in [-0.25, -0.2) is 0 Å². The number of hydrogen-bond donors (Lipinski definition) is 1. The first-order chi connectivity index (χ1) is 7.15. The lowest BCUT2D eigenvalue weighted by molar-refractivity contribution is 0.746. The Bertz CT molecular complexity index is 296. The Hall–Kier alpha value is -0.470. The second-order valence-corrected chi connectivity index (χ2v) is 5.54. The topological polar surface area (TPSA) is 26.0 Å². The van der Waals surface area contributed by atoms with Crippen molar-refractivity contribution in [3.8, 4) is 0 Å². The molecule has 1 aromatic carbocycles. The highest BCUT2D eigenvalue weighted by Gasteiger charge is 2.12. The summed E-state index contributed by atoms with van der Waals surface area (Å²) in [5, 5.41) is 0.452. The average Bonchev–Trinajstić information content (AvgIpc) is 2.21. The summed E-state index contributed by atoms with van der Waals surface area (Å²) in [6.45, 7) is 7.38. The van der Waals surface area contributed by atoms with E-state index in [1.165, 1.54) is 16.9 Å². The van der Waals surface area contributed by atoms with E-state index in [4.69, 9.17) is 5.73 Å². The summed E-state index contributed by atoms with van der Waals surface area (Å²) in [4.78, 5) is 0. The number of aryl methyl sites for hydroxylation is 1. The van der Waals surface area contributed by atoms with Gasteiger partial charge in [-0.15, -0.1) is 0 Å². The van der Waals surface area contributed by atoms with Crippen LogP contribution in [-0.2, 0) is 0 Å². The van der Waals surface area contributed by atoms with Crippen molar-refractivity contribution < 1.29 is 0 Å². The van der Waals surface area contributed by atoms with Crippen LogP contribution < -0.4 is 5.73 Å². The van der Waals surface area contributed by atoms with E-state index in [0.717, 1.165) is 12.5 Å². The molecule has 0 aliphatic carbocycles. The largest absolute Gasteiger partial charge is 0.329 e. The van der Waals surface area contributed by atoms with Gasteiger partial charge in [-0.05, 0) is 29.7 Å². The summed E-state index contributed by atoms with van der Waals surface area (Å²) < 4.78 is 0. The number of thioether (sulfide) groups is 1. The molecule has 0 amide bonds. The molecule has 0 aliphatic heterocycles. The van der Waals surface area contributed by atoms with Crippen LogP contribution in [0.2, 0.25) is 0 Å². The summed E-state index contributed by atoms with van der Waals surface area (Å²) in [5.74, 6) is 1.91. The molecule has 0 heterocycles. The lowest BCUT2D eigenvalue weighted by Gasteiger charge is -2.18. The zero-order valence-electron chi connectivity index (χ0n) is 9.86. The molecule has 1 atom stereocenters. The molecular formula is C13H21NS. The molecule has 1 nitrogen and oxygen atoms in total. The van der Waals surface area contributed by atoms with E-state index < -0.39 is 0 Å². The highest BCUT2D eigenvalue weighted by molar-refractivity contribution is 7.99. The van der Waals surface area contributed by atoms with Gasteiger partial charge in [0.1, 0.15) is 0 Å². The van der Waals surface area contributed by atoms with E-state index in [-0.39, 0.29) is 0 Å². The maximum atomic E-state index is 5.84. The highest BCUT2D eigenvalue weighted by atomic mass is 32.2. The maximum absolute atomic E-state index is 5.84. The predicted molar refractivity (Wildman–Crippen MR) is 70.3 cm³/mol. The summed E-state index contributed by atoms with van der Waals surface area (Å²) in [6, 6.07) is 8.54. The van der Waals surface area contributed by atoms with Crippen LogP contribution in [0, 0.1) is 12.8 Å². The first-order valence-electron chi connectivity index (χ1n) is 5.52. The summed E-state index contributed by atoms with van der Waals surface area (Å²) in [5.41, 5.74) is 8.58. The summed E-state index contributed by atoms with van der Waals surface area (Å²) in [6.07, 6.45) is 0. The van der Waals surface area contributed by atoms with Gasteiger partial charge in [0.05, 0.1) is 0 Å². The van der Waals surface area contributed by atoms with Gasteiger partial charge >= 0.3 is 0 Å². The van der Waals surface area contributed by atoms with E-state index in [9.17, 15) is 0 Å². The summed E-state index contributed by atoms with van der Waals surface area (Å²) in [7, 11) is 0. The molecule has 0 saturated heterocycles. The van der Waals surface area contributed by atoms with Gasteiger partial charge in [0.25, 0.3) is 0 Å². The first kappa shape index (κ1) is 12.6. The Morgan fingerprint density at radius 3 is 2.47 bits per heavy atom. The molecule has 0 aromatic heterocycles. The Labute approximate surface area is 97.4 Å². The number of hydrogen-bond acceptors (Lipinski definition) is 2. The van der Waals surface area contributed by atoms with Crippen molar-refractivity contribution in [1.29, 1.82) is 0 Å². The van der Waals surface area contributed by atoms with Crippen LogP contribution in [0.3, 0.4) is 0 Å². The Balaban J connectivity index is 2.70. The Morgan fingerprint density at radius 2 is 1.93 bits per heavy atom. The van der Waals surface area contributed by atoms with Gasteiger partial charge in [-0.1, -0.05) is 38.1 Å². The minimum Gasteiger partial charge on any atom is -0.329 e. The van der Waals surface area contributed by atoms with Crippen molar-refractivity contribution in [1.82, 2.24) is 0 Å². The third-order valence-electron chi connectivity index (χ3n) is 2.38. The second-order valence-electron chi connectivity index (χ2n) is 4.31. The maximum Gasteiger partial charge on any atom is 0.0422 e. The van der Waals surface area contributed by atoms with Crippen LogP contribution in [0.25, 0.3) is 0 Å². The molecule has 0 radical (unpaired) electrons. The van der Waals surface area contributed by atoms with E-state index in [1.807, 2.05) is 11.8 Å². The van der Waals surface area contributed by atoms with Crippen molar-refractivity contribution in [2.24, 2.45) is 11.7 Å². The standard InChI is InChI=1S/C13H21NS/c1-10(2)9-15-13(8-14)12-7-5-4-6-11(12)3/h4-7,10,13H,8-9,14H2,1-3H3. The van der Waals surface area contributed by atoms with Crippen LogP contribution >= 0.6 is 11.8 Å². The van der Waals surface area contributed by atoms with Crippen LogP contribution in [-0.4, -0.2) is 12.3 Å². The second kappa shape index (κ2) is 6.19. The van der Waals surface area contributed by atoms with Gasteiger partial charge in [0.15, 0.2) is 0 Å². The lowest BCUT2D eigenvalue weighted by atomic mass is 10.1. The van der Waals surface area contributed by atoms with E-state index in [2.05, 4.69) is 45.0 Å². The fourth-order valence-corrected chi connectivity index (χ4v) is 2.74. The quantitative estimate of drug-likeness (QED) is 0.828. The SMILES string of the molecule is Cc1ccccc1C(CN)SCC(C)C. The molecule has 2 N–H and O–H groups in total. The molecule has 84 valence electrons. The van der Waals surface area contributed by atoms with Crippen LogP contribution in [0.1, 0.15) is 30.2 Å². The fraction of sp³-hybridized carbons (Fsp3) is 0.538. The number of benzene rings is 1. The fourth-order valence-electron chi connectivity index (χ4n) is 1.54. The molecule has 1 aromatic rings. The zero-order chi connectivity index (χ0) is 11.3. The molecule has 0 aliphatic rings. The molecule has 0 spiro atoms. The highest BCUT2D eigenvalue weighted by Crippen LogP contribution is 2.31. The van der Waals surface area contributed by atoms with E-state index in [0.29, 0.717) is 5.25 Å². The number of nitrogens with two attached hydrogens (primary N) is 1. The number of rotatable bonds is 5. The zero-order valence-corrected chi connectivity index (χ0v) is 10.7. The normalized spacial score (nSPS) is 13.1. The first-order valence-corrected chi connectivity index (χ1v) is 6.57. The van der Waals surface area contributed by atoms with E-state index in [1.54, 1.807) is 0 Å². The van der Waals surface area contributed by atoms with Crippen molar-refractivity contribution in [2.75, 3.05) is 12.3 Å². The minimum atomic E-state index is 0.452. The monoisotopic (exact) mass is 223 g/mol. The van der Waals surface area contributed by atoms with Crippen LogP contribution in [0.5, 0.6) is 0 Å². The molecule has 1 rings (SSSR count). The molecule has 0 fully saturated rings. The molecule has 15 heavy (non-hydrogen) atoms. The minimum absolute atomic E-state index is 0.452. The van der Waals surface area contributed by atoms with Gasteiger partial charge in [0, 0.05) is 11.8 Å². The Kier molecular flexibility index (Phi) is 5.20. The van der Waals surface area contributed by atoms with Crippen molar-refractivity contribution >= 4 is 11.8 Å². The Morgan fingerprint density at radius 1 is 1.27 bits per heavy atom. The van der Waals surface area contributed by atoms with Gasteiger partial charge < -0.3 is 5.73 Å².